The first-order valence-electron chi connectivity index (χ1n) is 8.65. The quantitative estimate of drug-likeness (QED) is 0.717. The number of ether oxygens (including phenoxy) is 2. The van der Waals surface area contributed by atoms with Gasteiger partial charge in [0.2, 0.25) is 0 Å². The van der Waals surface area contributed by atoms with Crippen LogP contribution in [0, 0.1) is 0 Å². The van der Waals surface area contributed by atoms with Crippen molar-refractivity contribution in [3.8, 4) is 11.5 Å². The Labute approximate surface area is 152 Å². The van der Waals surface area contributed by atoms with Gasteiger partial charge in [-0.25, -0.2) is 9.97 Å². The summed E-state index contributed by atoms with van der Waals surface area (Å²) >= 11 is 0. The molecule has 6 heteroatoms. The van der Waals surface area contributed by atoms with Crippen LogP contribution in [-0.2, 0) is 6.42 Å². The summed E-state index contributed by atoms with van der Waals surface area (Å²) in [5, 5.41) is 6.65. The Hall–Kier alpha value is -3.28. The number of fused-ring (bicyclic) bond motifs is 1. The maximum atomic E-state index is 5.62. The Balaban J connectivity index is 1.52. The van der Waals surface area contributed by atoms with Crippen molar-refractivity contribution in [2.75, 3.05) is 23.8 Å². The number of benzene rings is 2. The summed E-state index contributed by atoms with van der Waals surface area (Å²) in [7, 11) is 0. The van der Waals surface area contributed by atoms with Crippen molar-refractivity contribution in [2.24, 2.45) is 0 Å². The second kappa shape index (κ2) is 7.31. The number of hydrogen-bond donors (Lipinski definition) is 2. The Morgan fingerprint density at radius 2 is 1.65 bits per heavy atom. The lowest BCUT2D eigenvalue weighted by atomic mass is 10.1. The number of para-hydroxylation sites is 1. The molecule has 0 saturated carbocycles. The molecule has 0 saturated heterocycles. The third-order valence-corrected chi connectivity index (χ3v) is 4.14. The molecule has 1 aliphatic heterocycles. The second-order valence-electron chi connectivity index (χ2n) is 5.91. The highest BCUT2D eigenvalue weighted by molar-refractivity contribution is 5.66. The Bertz CT molecular complexity index is 914. The number of hydrogen-bond acceptors (Lipinski definition) is 6. The molecular formula is C20H20N4O2. The number of aromatic nitrogens is 2. The van der Waals surface area contributed by atoms with Crippen LogP contribution in [0.25, 0.3) is 0 Å². The molecule has 0 fully saturated rings. The van der Waals surface area contributed by atoms with E-state index in [1.54, 1.807) is 0 Å². The zero-order valence-corrected chi connectivity index (χ0v) is 14.5. The van der Waals surface area contributed by atoms with Gasteiger partial charge in [-0.15, -0.1) is 0 Å². The van der Waals surface area contributed by atoms with Crippen molar-refractivity contribution in [1.82, 2.24) is 9.97 Å². The van der Waals surface area contributed by atoms with E-state index < -0.39 is 0 Å². The third kappa shape index (κ3) is 3.54. The molecule has 0 spiro atoms. The van der Waals surface area contributed by atoms with Gasteiger partial charge >= 0.3 is 0 Å². The van der Waals surface area contributed by atoms with Crippen LogP contribution in [0.3, 0.4) is 0 Å². The predicted molar refractivity (Wildman–Crippen MR) is 102 cm³/mol. The molecule has 2 heterocycles. The van der Waals surface area contributed by atoms with E-state index in [1.807, 2.05) is 36.4 Å². The lowest BCUT2D eigenvalue weighted by molar-refractivity contribution is 0.171. The van der Waals surface area contributed by atoms with Crippen molar-refractivity contribution < 1.29 is 9.47 Å². The van der Waals surface area contributed by atoms with E-state index in [4.69, 9.17) is 9.47 Å². The van der Waals surface area contributed by atoms with Gasteiger partial charge in [0.25, 0.3) is 0 Å². The van der Waals surface area contributed by atoms with Gasteiger partial charge in [0.15, 0.2) is 11.5 Å². The maximum Gasteiger partial charge on any atom is 0.163 e. The SMILES string of the molecule is CCc1ccccc1Nc1cc(Nc2ccc3c(c2)OCCO3)ncn1. The largest absolute Gasteiger partial charge is 0.486 e. The summed E-state index contributed by atoms with van der Waals surface area (Å²) in [6, 6.07) is 15.8. The van der Waals surface area contributed by atoms with Gasteiger partial charge in [0, 0.05) is 23.5 Å². The Morgan fingerprint density at radius 3 is 2.50 bits per heavy atom. The first kappa shape index (κ1) is 16.2. The number of aryl methyl sites for hydroxylation is 1. The number of anilines is 4. The fraction of sp³-hybridized carbons (Fsp3) is 0.200. The molecule has 6 nitrogen and oxygen atoms in total. The molecule has 132 valence electrons. The first-order valence-corrected chi connectivity index (χ1v) is 8.65. The summed E-state index contributed by atoms with van der Waals surface area (Å²) in [5.41, 5.74) is 3.18. The van der Waals surface area contributed by atoms with Crippen molar-refractivity contribution in [3.63, 3.8) is 0 Å². The molecular weight excluding hydrogens is 328 g/mol. The average molecular weight is 348 g/mol. The normalized spacial score (nSPS) is 12.5. The number of rotatable bonds is 5. The van der Waals surface area contributed by atoms with E-state index >= 15 is 0 Å². The van der Waals surface area contributed by atoms with Crippen LogP contribution in [-0.4, -0.2) is 23.2 Å². The van der Waals surface area contributed by atoms with E-state index in [0.717, 1.165) is 35.1 Å². The van der Waals surface area contributed by atoms with Gasteiger partial charge in [-0.05, 0) is 30.2 Å². The summed E-state index contributed by atoms with van der Waals surface area (Å²) < 4.78 is 11.2. The highest BCUT2D eigenvalue weighted by atomic mass is 16.6. The number of nitrogens with zero attached hydrogens (tertiary/aromatic N) is 2. The standard InChI is InChI=1S/C20H20N4O2/c1-2-14-5-3-4-6-16(14)24-20-12-19(21-13-22-20)23-15-7-8-17-18(11-15)26-10-9-25-17/h3-8,11-13H,2,9-10H2,1H3,(H2,21,22,23,24). The molecule has 2 N–H and O–H groups in total. The van der Waals surface area contributed by atoms with Gasteiger partial charge in [-0.1, -0.05) is 25.1 Å². The van der Waals surface area contributed by atoms with Crippen LogP contribution >= 0.6 is 0 Å². The minimum atomic E-state index is 0.564. The van der Waals surface area contributed by atoms with Crippen LogP contribution in [0.5, 0.6) is 11.5 Å². The van der Waals surface area contributed by atoms with E-state index in [1.165, 1.54) is 11.9 Å². The Kier molecular flexibility index (Phi) is 4.55. The maximum absolute atomic E-state index is 5.62. The van der Waals surface area contributed by atoms with Crippen molar-refractivity contribution in [2.45, 2.75) is 13.3 Å². The molecule has 0 aliphatic carbocycles. The second-order valence-corrected chi connectivity index (χ2v) is 5.91. The van der Waals surface area contributed by atoms with E-state index in [9.17, 15) is 0 Å². The molecule has 0 bridgehead atoms. The van der Waals surface area contributed by atoms with Crippen LogP contribution in [0.4, 0.5) is 23.0 Å². The minimum Gasteiger partial charge on any atom is -0.486 e. The van der Waals surface area contributed by atoms with Gasteiger partial charge in [0.1, 0.15) is 31.2 Å². The van der Waals surface area contributed by atoms with Crippen LogP contribution in [0.2, 0.25) is 0 Å². The third-order valence-electron chi connectivity index (χ3n) is 4.14. The molecule has 0 unspecified atom stereocenters. The first-order chi connectivity index (χ1) is 12.8. The zero-order chi connectivity index (χ0) is 17.8. The molecule has 0 amide bonds. The van der Waals surface area contributed by atoms with Crippen molar-refractivity contribution >= 4 is 23.0 Å². The fourth-order valence-corrected chi connectivity index (χ4v) is 2.85. The summed E-state index contributed by atoms with van der Waals surface area (Å²) in [5.74, 6) is 2.95. The van der Waals surface area contributed by atoms with Crippen molar-refractivity contribution in [1.29, 1.82) is 0 Å². The lowest BCUT2D eigenvalue weighted by Crippen LogP contribution is -2.15. The predicted octanol–water partition coefficient (Wildman–Crippen LogP) is 4.30. The lowest BCUT2D eigenvalue weighted by Gasteiger charge is -2.19. The molecule has 26 heavy (non-hydrogen) atoms. The zero-order valence-electron chi connectivity index (χ0n) is 14.5. The molecule has 4 rings (SSSR count). The minimum absolute atomic E-state index is 0.564. The summed E-state index contributed by atoms with van der Waals surface area (Å²) in [6.07, 6.45) is 2.49. The molecule has 2 aromatic carbocycles. The molecule has 3 aromatic rings. The van der Waals surface area contributed by atoms with E-state index in [0.29, 0.717) is 19.0 Å². The topological polar surface area (TPSA) is 68.3 Å². The van der Waals surface area contributed by atoms with Crippen LogP contribution in [0.1, 0.15) is 12.5 Å². The monoisotopic (exact) mass is 348 g/mol. The van der Waals surface area contributed by atoms with E-state index in [-0.39, 0.29) is 0 Å². The van der Waals surface area contributed by atoms with E-state index in [2.05, 4.69) is 39.7 Å². The highest BCUT2D eigenvalue weighted by Crippen LogP contribution is 2.33. The van der Waals surface area contributed by atoms with Gasteiger partial charge in [-0.3, -0.25) is 0 Å². The van der Waals surface area contributed by atoms with Gasteiger partial charge in [-0.2, -0.15) is 0 Å². The fourth-order valence-electron chi connectivity index (χ4n) is 2.85. The van der Waals surface area contributed by atoms with Gasteiger partial charge < -0.3 is 20.1 Å². The van der Waals surface area contributed by atoms with Crippen LogP contribution < -0.4 is 20.1 Å². The molecule has 0 atom stereocenters. The molecule has 1 aromatic heterocycles. The summed E-state index contributed by atoms with van der Waals surface area (Å²) in [4.78, 5) is 8.61. The van der Waals surface area contributed by atoms with Gasteiger partial charge in [0.05, 0.1) is 0 Å². The van der Waals surface area contributed by atoms with Crippen LogP contribution in [0.15, 0.2) is 54.9 Å². The Morgan fingerprint density at radius 1 is 0.885 bits per heavy atom. The molecule has 0 radical (unpaired) electrons. The number of nitrogens with one attached hydrogen (secondary N) is 2. The highest BCUT2D eigenvalue weighted by Gasteiger charge is 2.12. The summed E-state index contributed by atoms with van der Waals surface area (Å²) in [6.45, 7) is 3.28. The smallest absolute Gasteiger partial charge is 0.163 e. The average Bonchev–Trinajstić information content (AvgIpc) is 2.69. The molecule has 1 aliphatic rings. The van der Waals surface area contributed by atoms with Crippen molar-refractivity contribution in [3.05, 3.63) is 60.4 Å².